The molecule has 0 spiro atoms. The second-order valence-corrected chi connectivity index (χ2v) is 5.00. The van der Waals surface area contributed by atoms with Crippen LogP contribution in [-0.4, -0.2) is 27.7 Å². The van der Waals surface area contributed by atoms with Crippen LogP contribution >= 0.6 is 11.3 Å². The summed E-state index contributed by atoms with van der Waals surface area (Å²) in [4.78, 5) is 13.0. The van der Waals surface area contributed by atoms with Crippen molar-refractivity contribution in [2.24, 2.45) is 0 Å². The topological polar surface area (TPSA) is 56.5 Å². The van der Waals surface area contributed by atoms with Crippen molar-refractivity contribution in [3.8, 4) is 0 Å². The van der Waals surface area contributed by atoms with Gasteiger partial charge in [0, 0.05) is 11.3 Å². The van der Waals surface area contributed by atoms with Crippen LogP contribution in [0.5, 0.6) is 0 Å². The molecule has 0 atom stereocenters. The number of pyridine rings is 1. The van der Waals surface area contributed by atoms with Crippen molar-refractivity contribution >= 4 is 23.0 Å². The first kappa shape index (κ1) is 11.9. The van der Waals surface area contributed by atoms with Crippen LogP contribution < -0.4 is 0 Å². The summed E-state index contributed by atoms with van der Waals surface area (Å²) in [5.41, 5.74) is 1.09. The number of hydrogen-bond acceptors (Lipinski definition) is 5. The maximum atomic E-state index is 11.8. The van der Waals surface area contributed by atoms with Crippen molar-refractivity contribution in [3.63, 3.8) is 0 Å². The van der Waals surface area contributed by atoms with Crippen LogP contribution in [0.25, 0.3) is 5.65 Å². The Bertz CT molecular complexity index is 719. The third kappa shape index (κ3) is 2.10. The summed E-state index contributed by atoms with van der Waals surface area (Å²) >= 11 is 1.65. The number of thiophene rings is 1. The molecule has 5 nitrogen and oxygen atoms in total. The first-order chi connectivity index (χ1) is 9.29. The van der Waals surface area contributed by atoms with E-state index in [0.717, 1.165) is 5.82 Å². The molecule has 0 radical (unpaired) electrons. The summed E-state index contributed by atoms with van der Waals surface area (Å²) in [6, 6.07) is 9.32. The predicted octanol–water partition coefficient (Wildman–Crippen LogP) is 2.17. The highest BCUT2D eigenvalue weighted by atomic mass is 32.1. The summed E-state index contributed by atoms with van der Waals surface area (Å²) < 4.78 is 6.53. The third-order valence-corrected chi connectivity index (χ3v) is 3.68. The van der Waals surface area contributed by atoms with Gasteiger partial charge in [0.05, 0.1) is 7.11 Å². The van der Waals surface area contributed by atoms with Crippen molar-refractivity contribution in [1.82, 2.24) is 14.6 Å². The summed E-state index contributed by atoms with van der Waals surface area (Å²) in [6.07, 6.45) is 0.646. The fourth-order valence-electron chi connectivity index (χ4n) is 1.95. The van der Waals surface area contributed by atoms with Gasteiger partial charge in [-0.2, -0.15) is 0 Å². The molecule has 0 unspecified atom stereocenters. The zero-order chi connectivity index (χ0) is 13.2. The number of ether oxygens (including phenoxy) is 1. The summed E-state index contributed by atoms with van der Waals surface area (Å²) in [5, 5.41) is 10.3. The number of nitrogens with zero attached hydrogens (tertiary/aromatic N) is 3. The summed E-state index contributed by atoms with van der Waals surface area (Å²) in [6.45, 7) is 0. The van der Waals surface area contributed by atoms with E-state index in [9.17, 15) is 4.79 Å². The van der Waals surface area contributed by atoms with E-state index in [2.05, 4.69) is 10.2 Å². The van der Waals surface area contributed by atoms with Crippen LogP contribution in [0.15, 0.2) is 35.7 Å². The molecule has 0 bridgehead atoms. The Balaban J connectivity index is 2.12. The first-order valence-electron chi connectivity index (χ1n) is 5.73. The second-order valence-electron chi connectivity index (χ2n) is 3.97. The Hall–Kier alpha value is -2.21. The lowest BCUT2D eigenvalue weighted by molar-refractivity contribution is 0.0592. The normalized spacial score (nSPS) is 10.8. The number of rotatable bonds is 3. The van der Waals surface area contributed by atoms with Gasteiger partial charge < -0.3 is 4.74 Å². The number of fused-ring (bicyclic) bond motifs is 1. The lowest BCUT2D eigenvalue weighted by atomic mass is 10.3. The summed E-state index contributed by atoms with van der Waals surface area (Å²) in [5.74, 6) is 0.344. The van der Waals surface area contributed by atoms with Crippen molar-refractivity contribution in [2.75, 3.05) is 7.11 Å². The van der Waals surface area contributed by atoms with Crippen molar-refractivity contribution in [3.05, 3.63) is 52.1 Å². The molecular formula is C13H11N3O2S. The molecule has 3 aromatic rings. The second kappa shape index (κ2) is 4.81. The zero-order valence-electron chi connectivity index (χ0n) is 10.2. The largest absolute Gasteiger partial charge is 0.464 e. The highest BCUT2D eigenvalue weighted by Gasteiger charge is 2.15. The van der Waals surface area contributed by atoms with E-state index in [-0.39, 0.29) is 0 Å². The highest BCUT2D eigenvalue weighted by molar-refractivity contribution is 7.09. The van der Waals surface area contributed by atoms with Crippen LogP contribution in [0, 0.1) is 0 Å². The molecule has 3 heterocycles. The SMILES string of the molecule is COC(=O)c1cccc2nnc(Cc3cccs3)n12. The average molecular weight is 273 g/mol. The molecular weight excluding hydrogens is 262 g/mol. The molecule has 6 heteroatoms. The van der Waals surface area contributed by atoms with Gasteiger partial charge in [-0.3, -0.25) is 4.40 Å². The molecule has 0 N–H and O–H groups in total. The standard InChI is InChI=1S/C13H11N3O2S/c1-18-13(17)10-5-2-6-11-14-15-12(16(10)11)8-9-4-3-7-19-9/h2-7H,8H2,1H3. The minimum atomic E-state index is -0.391. The smallest absolute Gasteiger partial charge is 0.355 e. The Morgan fingerprint density at radius 3 is 2.95 bits per heavy atom. The van der Waals surface area contributed by atoms with Gasteiger partial charge in [-0.15, -0.1) is 21.5 Å². The Labute approximate surface area is 113 Å². The molecule has 3 rings (SSSR count). The van der Waals surface area contributed by atoms with Crippen LogP contribution in [0.2, 0.25) is 0 Å². The molecule has 19 heavy (non-hydrogen) atoms. The minimum Gasteiger partial charge on any atom is -0.464 e. The number of aromatic nitrogens is 3. The lowest BCUT2D eigenvalue weighted by Crippen LogP contribution is -2.10. The number of esters is 1. The van der Waals surface area contributed by atoms with Gasteiger partial charge >= 0.3 is 5.97 Å². The average Bonchev–Trinajstić information content (AvgIpc) is 3.08. The predicted molar refractivity (Wildman–Crippen MR) is 71.5 cm³/mol. The number of carbonyl (C=O) groups excluding carboxylic acids is 1. The highest BCUT2D eigenvalue weighted by Crippen LogP contribution is 2.16. The molecule has 0 fully saturated rings. The van der Waals surface area contributed by atoms with Gasteiger partial charge in [0.1, 0.15) is 11.5 Å². The van der Waals surface area contributed by atoms with E-state index in [1.807, 2.05) is 23.6 Å². The molecule has 0 saturated heterocycles. The van der Waals surface area contributed by atoms with Gasteiger partial charge in [0.2, 0.25) is 0 Å². The van der Waals surface area contributed by atoms with Crippen molar-refractivity contribution in [1.29, 1.82) is 0 Å². The van der Waals surface area contributed by atoms with Crippen molar-refractivity contribution < 1.29 is 9.53 Å². The molecule has 3 aromatic heterocycles. The number of hydrogen-bond donors (Lipinski definition) is 0. The van der Waals surface area contributed by atoms with Gasteiger partial charge in [0.25, 0.3) is 0 Å². The van der Waals surface area contributed by atoms with Crippen LogP contribution in [0.3, 0.4) is 0 Å². The van der Waals surface area contributed by atoms with E-state index in [1.165, 1.54) is 12.0 Å². The maximum Gasteiger partial charge on any atom is 0.355 e. The Morgan fingerprint density at radius 2 is 2.21 bits per heavy atom. The minimum absolute atomic E-state index is 0.391. The molecule has 0 aliphatic carbocycles. The number of carbonyl (C=O) groups is 1. The number of methoxy groups -OCH3 is 1. The molecule has 96 valence electrons. The van der Waals surface area contributed by atoms with E-state index >= 15 is 0 Å². The van der Waals surface area contributed by atoms with Gasteiger partial charge in [-0.05, 0) is 23.6 Å². The fourth-order valence-corrected chi connectivity index (χ4v) is 2.65. The lowest BCUT2D eigenvalue weighted by Gasteiger charge is -2.05. The Morgan fingerprint density at radius 1 is 1.32 bits per heavy atom. The van der Waals surface area contributed by atoms with Crippen LogP contribution in [-0.2, 0) is 11.2 Å². The molecule has 0 amide bonds. The van der Waals surface area contributed by atoms with E-state index in [4.69, 9.17) is 4.74 Å². The molecule has 0 aromatic carbocycles. The molecule has 0 saturated carbocycles. The third-order valence-electron chi connectivity index (χ3n) is 2.80. The quantitative estimate of drug-likeness (QED) is 0.686. The summed E-state index contributed by atoms with van der Waals surface area (Å²) in [7, 11) is 1.37. The van der Waals surface area contributed by atoms with Gasteiger partial charge in [0.15, 0.2) is 5.65 Å². The van der Waals surface area contributed by atoms with Gasteiger partial charge in [-0.1, -0.05) is 12.1 Å². The van der Waals surface area contributed by atoms with E-state index in [0.29, 0.717) is 17.8 Å². The Kier molecular flexibility index (Phi) is 3.00. The fraction of sp³-hybridized carbons (Fsp3) is 0.154. The zero-order valence-corrected chi connectivity index (χ0v) is 11.1. The first-order valence-corrected chi connectivity index (χ1v) is 6.61. The molecule has 0 aliphatic rings. The van der Waals surface area contributed by atoms with Crippen LogP contribution in [0.1, 0.15) is 21.2 Å². The van der Waals surface area contributed by atoms with Crippen LogP contribution in [0.4, 0.5) is 0 Å². The van der Waals surface area contributed by atoms with Crippen molar-refractivity contribution in [2.45, 2.75) is 6.42 Å². The van der Waals surface area contributed by atoms with E-state index in [1.54, 1.807) is 27.9 Å². The van der Waals surface area contributed by atoms with Gasteiger partial charge in [-0.25, -0.2) is 4.79 Å². The van der Waals surface area contributed by atoms with E-state index < -0.39 is 5.97 Å². The maximum absolute atomic E-state index is 11.8. The monoisotopic (exact) mass is 273 g/mol. The molecule has 0 aliphatic heterocycles.